The minimum absolute atomic E-state index is 0.0278. The van der Waals surface area contributed by atoms with Gasteiger partial charge in [-0.15, -0.1) is 0 Å². The molecule has 0 spiro atoms. The van der Waals surface area contributed by atoms with Crippen LogP contribution in [0.4, 0.5) is 0 Å². The fourth-order valence-electron chi connectivity index (χ4n) is 3.31. The van der Waals surface area contributed by atoms with Crippen molar-refractivity contribution < 1.29 is 13.2 Å². The van der Waals surface area contributed by atoms with Gasteiger partial charge in [-0.25, -0.2) is 13.1 Å². The van der Waals surface area contributed by atoms with Crippen LogP contribution in [0.25, 0.3) is 0 Å². The van der Waals surface area contributed by atoms with Crippen molar-refractivity contribution in [3.63, 3.8) is 0 Å². The van der Waals surface area contributed by atoms with E-state index in [0.717, 1.165) is 31.2 Å². The molecule has 0 aromatic heterocycles. The third-order valence-electron chi connectivity index (χ3n) is 4.88. The Morgan fingerprint density at radius 1 is 0.966 bits per heavy atom. The largest absolute Gasteiger partial charge is 0.352 e. The first kappa shape index (κ1) is 22.4. The molecule has 1 aliphatic carbocycles. The monoisotopic (exact) mass is 474 g/mol. The second-order valence-corrected chi connectivity index (χ2v) is 9.88. The van der Waals surface area contributed by atoms with Gasteiger partial charge in [0.15, 0.2) is 0 Å². The van der Waals surface area contributed by atoms with E-state index in [-0.39, 0.29) is 31.6 Å². The molecule has 1 fully saturated rings. The Morgan fingerprint density at radius 3 is 2.24 bits per heavy atom. The van der Waals surface area contributed by atoms with Crippen LogP contribution in [-0.2, 0) is 16.4 Å². The number of hydrogen-bond acceptors (Lipinski definition) is 3. The molecule has 2 N–H and O–H groups in total. The van der Waals surface area contributed by atoms with Crippen LogP contribution in [-0.4, -0.2) is 26.9 Å². The number of benzene rings is 2. The maximum absolute atomic E-state index is 12.4. The predicted octanol–water partition coefficient (Wildman–Crippen LogP) is 4.84. The van der Waals surface area contributed by atoms with Gasteiger partial charge in [0.25, 0.3) is 5.91 Å². The molecule has 0 saturated heterocycles. The lowest BCUT2D eigenvalue weighted by molar-refractivity contribution is 0.0954. The molecule has 9 heteroatoms. The van der Waals surface area contributed by atoms with Gasteiger partial charge >= 0.3 is 0 Å². The molecule has 0 unspecified atom stereocenters. The van der Waals surface area contributed by atoms with Crippen LogP contribution in [0, 0.1) is 0 Å². The van der Waals surface area contributed by atoms with Gasteiger partial charge in [0.05, 0.1) is 25.5 Å². The number of nitrogens with one attached hydrogen (secondary N) is 2. The molecule has 2 aromatic rings. The van der Waals surface area contributed by atoms with Gasteiger partial charge in [-0.05, 0) is 49.1 Å². The van der Waals surface area contributed by atoms with Crippen LogP contribution < -0.4 is 10.0 Å². The zero-order valence-corrected chi connectivity index (χ0v) is 18.6. The van der Waals surface area contributed by atoms with Crippen LogP contribution in [0.15, 0.2) is 41.3 Å². The molecule has 29 heavy (non-hydrogen) atoms. The van der Waals surface area contributed by atoms with E-state index in [1.807, 2.05) is 0 Å². The number of rotatable bonds is 7. The summed E-state index contributed by atoms with van der Waals surface area (Å²) in [5, 5.41) is 3.34. The highest BCUT2D eigenvalue weighted by Gasteiger charge is 2.22. The minimum atomic E-state index is -3.51. The Labute approximate surface area is 185 Å². The van der Waals surface area contributed by atoms with Gasteiger partial charge in [-0.1, -0.05) is 59.8 Å². The van der Waals surface area contributed by atoms with E-state index in [9.17, 15) is 13.2 Å². The van der Waals surface area contributed by atoms with Crippen molar-refractivity contribution in [2.45, 2.75) is 43.0 Å². The van der Waals surface area contributed by atoms with Gasteiger partial charge < -0.3 is 5.32 Å². The summed E-state index contributed by atoms with van der Waals surface area (Å²) in [7, 11) is -3.51. The molecular weight excluding hydrogens is 455 g/mol. The summed E-state index contributed by atoms with van der Waals surface area (Å²) in [6.45, 7) is 0.338. The van der Waals surface area contributed by atoms with Gasteiger partial charge in [-0.3, -0.25) is 4.79 Å². The van der Waals surface area contributed by atoms with Gasteiger partial charge in [-0.2, -0.15) is 0 Å². The number of carbonyl (C=O) groups is 1. The van der Waals surface area contributed by atoms with E-state index in [1.54, 1.807) is 24.3 Å². The Bertz CT molecular complexity index is 989. The topological polar surface area (TPSA) is 75.3 Å². The van der Waals surface area contributed by atoms with Gasteiger partial charge in [0, 0.05) is 12.6 Å². The molecule has 1 amide bonds. The highest BCUT2D eigenvalue weighted by Crippen LogP contribution is 2.31. The van der Waals surface area contributed by atoms with Crippen molar-refractivity contribution in [3.8, 4) is 0 Å². The highest BCUT2D eigenvalue weighted by atomic mass is 35.5. The number of hydrogen-bond donors (Lipinski definition) is 2. The third-order valence-corrected chi connectivity index (χ3v) is 7.54. The molecule has 1 saturated carbocycles. The average Bonchev–Trinajstić information content (AvgIpc) is 3.18. The number of amides is 1. The Morgan fingerprint density at radius 2 is 1.59 bits per heavy atom. The summed E-state index contributed by atoms with van der Waals surface area (Å²) in [5.41, 5.74) is 1.04. The van der Waals surface area contributed by atoms with Crippen molar-refractivity contribution in [2.24, 2.45) is 0 Å². The quantitative estimate of drug-likeness (QED) is 0.563. The predicted molar refractivity (Wildman–Crippen MR) is 117 cm³/mol. The fraction of sp³-hybridized carbons (Fsp3) is 0.350. The Hall–Kier alpha value is -1.31. The first-order valence-electron chi connectivity index (χ1n) is 9.31. The summed E-state index contributed by atoms with van der Waals surface area (Å²) in [5.74, 6) is -0.414. The first-order chi connectivity index (χ1) is 13.8. The van der Waals surface area contributed by atoms with Crippen molar-refractivity contribution in [1.82, 2.24) is 10.0 Å². The highest BCUT2D eigenvalue weighted by molar-refractivity contribution is 7.89. The zero-order chi connectivity index (χ0) is 21.0. The number of carbonyl (C=O) groups excluding carboxylic acids is 1. The normalized spacial score (nSPS) is 14.9. The molecule has 0 atom stereocenters. The molecule has 5 nitrogen and oxygen atoms in total. The van der Waals surface area contributed by atoms with E-state index < -0.39 is 15.9 Å². The van der Waals surface area contributed by atoms with Crippen molar-refractivity contribution in [3.05, 3.63) is 62.6 Å². The average molecular weight is 476 g/mol. The standard InChI is InChI=1S/C20H21Cl3N2O3S/c21-16-9-10-17(22)19(23)18(16)20(26)24-12-11-13-5-7-15(8-6-13)29(27,28)25-14-3-1-2-4-14/h5-10,14,25H,1-4,11-12H2,(H,24,26). The second-order valence-electron chi connectivity index (χ2n) is 6.97. The maximum Gasteiger partial charge on any atom is 0.254 e. The summed E-state index contributed by atoms with van der Waals surface area (Å²) < 4.78 is 27.7. The van der Waals surface area contributed by atoms with E-state index in [1.165, 1.54) is 12.1 Å². The van der Waals surface area contributed by atoms with Crippen LogP contribution in [0.2, 0.25) is 15.1 Å². The van der Waals surface area contributed by atoms with Crippen molar-refractivity contribution >= 4 is 50.7 Å². The fourth-order valence-corrected chi connectivity index (χ4v) is 5.32. The lowest BCUT2D eigenvalue weighted by atomic mass is 10.1. The number of sulfonamides is 1. The molecule has 0 heterocycles. The second kappa shape index (κ2) is 9.67. The van der Waals surface area contributed by atoms with E-state index in [4.69, 9.17) is 34.8 Å². The van der Waals surface area contributed by atoms with Gasteiger partial charge in [0.1, 0.15) is 0 Å². The van der Waals surface area contributed by atoms with Crippen LogP contribution >= 0.6 is 34.8 Å². The third kappa shape index (κ3) is 5.64. The lowest BCUT2D eigenvalue weighted by Crippen LogP contribution is -2.32. The minimum Gasteiger partial charge on any atom is -0.352 e. The van der Waals surface area contributed by atoms with Crippen molar-refractivity contribution in [2.75, 3.05) is 6.54 Å². The molecule has 0 radical (unpaired) electrons. The molecule has 156 valence electrons. The summed E-state index contributed by atoms with van der Waals surface area (Å²) >= 11 is 18.1. The van der Waals surface area contributed by atoms with E-state index >= 15 is 0 Å². The van der Waals surface area contributed by atoms with E-state index in [0.29, 0.717) is 13.0 Å². The lowest BCUT2D eigenvalue weighted by Gasteiger charge is -2.13. The zero-order valence-electron chi connectivity index (χ0n) is 15.6. The molecule has 0 aliphatic heterocycles. The van der Waals surface area contributed by atoms with Gasteiger partial charge in [0.2, 0.25) is 10.0 Å². The van der Waals surface area contributed by atoms with Crippen LogP contribution in [0.1, 0.15) is 41.6 Å². The summed E-state index contributed by atoms with van der Waals surface area (Å²) in [6.07, 6.45) is 4.42. The van der Waals surface area contributed by atoms with E-state index in [2.05, 4.69) is 10.0 Å². The number of halogens is 3. The molecule has 3 rings (SSSR count). The molecular formula is C20H21Cl3N2O3S. The smallest absolute Gasteiger partial charge is 0.254 e. The van der Waals surface area contributed by atoms with Crippen LogP contribution in [0.3, 0.4) is 0 Å². The Kier molecular flexibility index (Phi) is 7.46. The SMILES string of the molecule is O=C(NCCc1ccc(S(=O)(=O)NC2CCCC2)cc1)c1c(Cl)ccc(Cl)c1Cl. The maximum atomic E-state index is 12.4. The summed E-state index contributed by atoms with van der Waals surface area (Å²) in [6, 6.07) is 9.73. The molecule has 0 bridgehead atoms. The first-order valence-corrected chi connectivity index (χ1v) is 11.9. The molecule has 1 aliphatic rings. The Balaban J connectivity index is 1.57. The summed E-state index contributed by atoms with van der Waals surface area (Å²) in [4.78, 5) is 12.6. The molecule has 2 aromatic carbocycles. The van der Waals surface area contributed by atoms with Crippen LogP contribution in [0.5, 0.6) is 0 Å². The van der Waals surface area contributed by atoms with Crippen molar-refractivity contribution in [1.29, 1.82) is 0 Å².